The van der Waals surface area contributed by atoms with Crippen molar-refractivity contribution >= 4 is 32.6 Å². The first-order chi connectivity index (χ1) is 14.9. The smallest absolute Gasteiger partial charge is 0.0547 e. The van der Waals surface area contributed by atoms with Crippen LogP contribution >= 0.6 is 0 Å². The quantitative estimate of drug-likeness (QED) is 0.277. The van der Waals surface area contributed by atoms with Gasteiger partial charge in [0.1, 0.15) is 0 Å². The van der Waals surface area contributed by atoms with E-state index in [0.717, 1.165) is 6.42 Å². The monoisotopic (exact) mass is 381 g/mol. The molecule has 0 saturated heterocycles. The van der Waals surface area contributed by atoms with Gasteiger partial charge in [0, 0.05) is 16.5 Å². The van der Waals surface area contributed by atoms with E-state index in [4.69, 9.17) is 0 Å². The van der Waals surface area contributed by atoms with Gasteiger partial charge >= 0.3 is 0 Å². The highest BCUT2D eigenvalue weighted by atomic mass is 15.0. The van der Waals surface area contributed by atoms with Crippen LogP contribution in [0.4, 0.5) is 0 Å². The highest BCUT2D eigenvalue weighted by molar-refractivity contribution is 6.23. The molecule has 0 aliphatic heterocycles. The van der Waals surface area contributed by atoms with Crippen molar-refractivity contribution in [1.82, 2.24) is 4.57 Å². The number of rotatable bonds is 1. The van der Waals surface area contributed by atoms with E-state index in [-0.39, 0.29) is 0 Å². The minimum Gasteiger partial charge on any atom is -0.309 e. The molecular weight excluding hydrogens is 362 g/mol. The molecule has 7 rings (SSSR count). The summed E-state index contributed by atoms with van der Waals surface area (Å²) in [5, 5.41) is 5.43. The maximum Gasteiger partial charge on any atom is 0.0547 e. The standard InChI is InChI=1S/C29H19N/c1-2-9-21(10-3-1)30-26-13-7-6-12-24(26)29-27(30)17-15-19-14-16-23-22-11-5-4-8-20(22)18-25(23)28(19)29/h1-17H,18H2. The van der Waals surface area contributed by atoms with Gasteiger partial charge in [-0.25, -0.2) is 0 Å². The molecule has 1 heteroatoms. The van der Waals surface area contributed by atoms with Crippen LogP contribution in [0.5, 0.6) is 0 Å². The fourth-order valence-electron chi connectivity index (χ4n) is 5.37. The number of aromatic nitrogens is 1. The molecule has 0 amide bonds. The Hall–Kier alpha value is -3.84. The van der Waals surface area contributed by atoms with Crippen LogP contribution in [0.3, 0.4) is 0 Å². The first kappa shape index (κ1) is 16.0. The third-order valence-corrected chi connectivity index (χ3v) is 6.62. The van der Waals surface area contributed by atoms with Crippen LogP contribution < -0.4 is 0 Å². The predicted octanol–water partition coefficient (Wildman–Crippen LogP) is 7.51. The van der Waals surface area contributed by atoms with E-state index in [0.29, 0.717) is 0 Å². The summed E-state index contributed by atoms with van der Waals surface area (Å²) in [4.78, 5) is 0. The van der Waals surface area contributed by atoms with Gasteiger partial charge in [-0.1, -0.05) is 78.9 Å². The molecule has 1 aliphatic rings. The average Bonchev–Trinajstić information content (AvgIpc) is 3.35. The normalized spacial score (nSPS) is 12.5. The molecule has 1 nitrogen and oxygen atoms in total. The van der Waals surface area contributed by atoms with Gasteiger partial charge in [0.2, 0.25) is 0 Å². The van der Waals surface area contributed by atoms with E-state index in [1.54, 1.807) is 0 Å². The first-order valence-corrected chi connectivity index (χ1v) is 10.5. The third-order valence-electron chi connectivity index (χ3n) is 6.62. The van der Waals surface area contributed by atoms with Crippen molar-refractivity contribution in [3.63, 3.8) is 0 Å². The van der Waals surface area contributed by atoms with Gasteiger partial charge in [-0.2, -0.15) is 0 Å². The SMILES string of the molecule is c1ccc(-n2c3ccccc3c3c4c5c(ccc4ccc32)-c2ccccc2C5)cc1. The Morgan fingerprint density at radius 2 is 1.30 bits per heavy atom. The highest BCUT2D eigenvalue weighted by Gasteiger charge is 2.23. The van der Waals surface area contributed by atoms with Crippen LogP contribution in [0.1, 0.15) is 11.1 Å². The number of nitrogens with zero attached hydrogens (tertiary/aromatic N) is 1. The summed E-state index contributed by atoms with van der Waals surface area (Å²) in [5.74, 6) is 0. The second-order valence-electron chi connectivity index (χ2n) is 8.17. The lowest BCUT2D eigenvalue weighted by Crippen LogP contribution is -1.93. The van der Waals surface area contributed by atoms with Crippen molar-refractivity contribution in [3.05, 3.63) is 114 Å². The lowest BCUT2D eigenvalue weighted by molar-refractivity contribution is 1.18. The van der Waals surface area contributed by atoms with E-state index in [2.05, 4.69) is 108 Å². The van der Waals surface area contributed by atoms with Crippen molar-refractivity contribution in [2.75, 3.05) is 0 Å². The van der Waals surface area contributed by atoms with E-state index in [1.807, 2.05) is 0 Å². The Bertz CT molecular complexity index is 1600. The lowest BCUT2D eigenvalue weighted by Gasteiger charge is -2.10. The summed E-state index contributed by atoms with van der Waals surface area (Å²) in [6, 6.07) is 37.6. The van der Waals surface area contributed by atoms with Gasteiger partial charge in [-0.05, 0) is 63.7 Å². The zero-order chi connectivity index (χ0) is 19.7. The molecule has 0 atom stereocenters. The van der Waals surface area contributed by atoms with Crippen LogP contribution in [-0.4, -0.2) is 4.57 Å². The number of para-hydroxylation sites is 2. The summed E-state index contributed by atoms with van der Waals surface area (Å²) >= 11 is 0. The zero-order valence-electron chi connectivity index (χ0n) is 16.5. The van der Waals surface area contributed by atoms with Crippen LogP contribution in [0.25, 0.3) is 49.4 Å². The lowest BCUT2D eigenvalue weighted by atomic mass is 9.95. The Morgan fingerprint density at radius 3 is 2.23 bits per heavy atom. The molecule has 0 saturated carbocycles. The van der Waals surface area contributed by atoms with Gasteiger partial charge in [0.15, 0.2) is 0 Å². The zero-order valence-corrected chi connectivity index (χ0v) is 16.5. The van der Waals surface area contributed by atoms with E-state index in [1.165, 1.54) is 60.5 Å². The molecule has 0 radical (unpaired) electrons. The molecule has 1 aromatic heterocycles. The summed E-state index contributed by atoms with van der Waals surface area (Å²) < 4.78 is 2.41. The molecule has 1 aliphatic carbocycles. The van der Waals surface area contributed by atoms with Crippen LogP contribution in [-0.2, 0) is 6.42 Å². The van der Waals surface area contributed by atoms with Gasteiger partial charge in [0.25, 0.3) is 0 Å². The van der Waals surface area contributed by atoms with Crippen molar-refractivity contribution in [1.29, 1.82) is 0 Å². The minimum absolute atomic E-state index is 1.01. The number of hydrogen-bond acceptors (Lipinski definition) is 0. The van der Waals surface area contributed by atoms with Crippen molar-refractivity contribution in [2.45, 2.75) is 6.42 Å². The molecule has 0 spiro atoms. The van der Waals surface area contributed by atoms with Crippen molar-refractivity contribution in [2.24, 2.45) is 0 Å². The molecule has 6 aromatic rings. The fourth-order valence-corrected chi connectivity index (χ4v) is 5.37. The topological polar surface area (TPSA) is 4.93 Å². The van der Waals surface area contributed by atoms with E-state index < -0.39 is 0 Å². The molecule has 0 bridgehead atoms. The summed E-state index contributed by atoms with van der Waals surface area (Å²) in [6.07, 6.45) is 1.01. The largest absolute Gasteiger partial charge is 0.309 e. The first-order valence-electron chi connectivity index (χ1n) is 10.5. The summed E-state index contributed by atoms with van der Waals surface area (Å²) in [6.45, 7) is 0. The molecule has 0 unspecified atom stereocenters. The molecule has 5 aromatic carbocycles. The maximum absolute atomic E-state index is 2.41. The van der Waals surface area contributed by atoms with Gasteiger partial charge < -0.3 is 4.57 Å². The second kappa shape index (κ2) is 5.84. The average molecular weight is 381 g/mol. The molecule has 0 N–H and O–H groups in total. The van der Waals surface area contributed by atoms with E-state index >= 15 is 0 Å². The van der Waals surface area contributed by atoms with Gasteiger partial charge in [-0.15, -0.1) is 0 Å². The predicted molar refractivity (Wildman–Crippen MR) is 127 cm³/mol. The molecule has 140 valence electrons. The van der Waals surface area contributed by atoms with Crippen LogP contribution in [0, 0.1) is 0 Å². The van der Waals surface area contributed by atoms with Crippen molar-refractivity contribution < 1.29 is 0 Å². The molecule has 30 heavy (non-hydrogen) atoms. The Morgan fingerprint density at radius 1 is 0.533 bits per heavy atom. The Labute approximate surface area is 174 Å². The second-order valence-corrected chi connectivity index (χ2v) is 8.17. The van der Waals surface area contributed by atoms with Gasteiger partial charge in [0.05, 0.1) is 11.0 Å². The van der Waals surface area contributed by atoms with Crippen LogP contribution in [0.15, 0.2) is 103 Å². The molecule has 0 fully saturated rings. The minimum atomic E-state index is 1.01. The van der Waals surface area contributed by atoms with Crippen LogP contribution in [0.2, 0.25) is 0 Å². The summed E-state index contributed by atoms with van der Waals surface area (Å²) in [7, 11) is 0. The highest BCUT2D eigenvalue weighted by Crippen LogP contribution is 2.45. The maximum atomic E-state index is 2.41. The van der Waals surface area contributed by atoms with Gasteiger partial charge in [-0.3, -0.25) is 0 Å². The molecular formula is C29H19N. The number of hydrogen-bond donors (Lipinski definition) is 0. The third kappa shape index (κ3) is 2.02. The Kier molecular flexibility index (Phi) is 3.12. The fraction of sp³-hybridized carbons (Fsp3) is 0.0345. The number of benzene rings is 5. The summed E-state index contributed by atoms with van der Waals surface area (Å²) in [5.41, 5.74) is 9.43. The van der Waals surface area contributed by atoms with Crippen molar-refractivity contribution in [3.8, 4) is 16.8 Å². The van der Waals surface area contributed by atoms with E-state index in [9.17, 15) is 0 Å². The Balaban J connectivity index is 1.69. The molecule has 1 heterocycles. The number of fused-ring (bicyclic) bond motifs is 9.